The Morgan fingerprint density at radius 3 is 1.89 bits per heavy atom. The molecule has 0 spiro atoms. The Morgan fingerprint density at radius 1 is 0.684 bits per heavy atom. The predicted molar refractivity (Wildman–Crippen MR) is 157 cm³/mol. The van der Waals surface area contributed by atoms with E-state index in [4.69, 9.17) is 4.74 Å². The molecule has 1 aliphatic heterocycles. The third-order valence-electron chi connectivity index (χ3n) is 7.41. The molecule has 0 radical (unpaired) electrons. The van der Waals surface area contributed by atoms with E-state index in [-0.39, 0.29) is 5.97 Å². The molecule has 5 nitrogen and oxygen atoms in total. The number of fused-ring (bicyclic) bond motifs is 1. The second-order valence-corrected chi connectivity index (χ2v) is 9.83. The Kier molecular flexibility index (Phi) is 6.85. The van der Waals surface area contributed by atoms with Gasteiger partial charge in [0.05, 0.1) is 5.56 Å². The smallest absolute Gasteiger partial charge is 0.341 e. The molecule has 0 fully saturated rings. The van der Waals surface area contributed by atoms with Crippen LogP contribution in [-0.2, 0) is 10.5 Å². The number of anilines is 4. The molecule has 0 aliphatic carbocycles. The van der Waals surface area contributed by atoms with Gasteiger partial charge in [-0.3, -0.25) is 4.90 Å². The maximum atomic E-state index is 13.5. The quantitative estimate of drug-likeness (QED) is 0.238. The first-order chi connectivity index (χ1) is 18.4. The Balaban J connectivity index is 1.81. The lowest BCUT2D eigenvalue weighted by Crippen LogP contribution is -2.45. The second-order valence-electron chi connectivity index (χ2n) is 9.83. The van der Waals surface area contributed by atoms with Crippen molar-refractivity contribution in [1.29, 1.82) is 0 Å². The largest absolute Gasteiger partial charge is 0.426 e. The van der Waals surface area contributed by atoms with Gasteiger partial charge in [-0.2, -0.15) is 0 Å². The summed E-state index contributed by atoms with van der Waals surface area (Å²) in [5, 5.41) is 0. The summed E-state index contributed by atoms with van der Waals surface area (Å²) in [5.74, 6) is -0.321. The van der Waals surface area contributed by atoms with Crippen molar-refractivity contribution in [3.8, 4) is 0 Å². The van der Waals surface area contributed by atoms with Gasteiger partial charge in [0.2, 0.25) is 5.72 Å². The van der Waals surface area contributed by atoms with Crippen molar-refractivity contribution in [2.24, 2.45) is 0 Å². The van der Waals surface area contributed by atoms with Crippen LogP contribution in [0, 0.1) is 6.92 Å². The van der Waals surface area contributed by atoms with Gasteiger partial charge in [-0.25, -0.2) is 4.79 Å². The normalized spacial score (nSPS) is 16.1. The zero-order chi connectivity index (χ0) is 26.9. The van der Waals surface area contributed by atoms with Gasteiger partial charge in [0.15, 0.2) is 0 Å². The number of carbonyl (C=O) groups is 1. The number of benzene rings is 4. The Bertz CT molecular complexity index is 1430. The number of cyclic esters (lactones) is 1. The lowest BCUT2D eigenvalue weighted by molar-refractivity contribution is 0.0132. The number of rotatable bonds is 8. The van der Waals surface area contributed by atoms with E-state index >= 15 is 0 Å². The van der Waals surface area contributed by atoms with Gasteiger partial charge >= 0.3 is 5.97 Å². The van der Waals surface area contributed by atoms with E-state index in [1.807, 2.05) is 56.6 Å². The van der Waals surface area contributed by atoms with Crippen LogP contribution in [0.3, 0.4) is 0 Å². The van der Waals surface area contributed by atoms with Crippen molar-refractivity contribution in [2.75, 3.05) is 41.9 Å². The highest BCUT2D eigenvalue weighted by Crippen LogP contribution is 2.51. The lowest BCUT2D eigenvalue weighted by Gasteiger charge is -2.43. The van der Waals surface area contributed by atoms with Crippen molar-refractivity contribution in [3.63, 3.8) is 0 Å². The fourth-order valence-corrected chi connectivity index (χ4v) is 5.49. The first-order valence-electron chi connectivity index (χ1n) is 13.2. The standard InChI is InChI=1S/C33H35N3O2/c1-6-35(7-2)28-21-22-30(24(3)23-28)33(31-16-12-11-15-29(31)32(37)38-33)36(26-13-9-8-10-14-26)27-19-17-25(18-20-27)34(4)5/h8-23H,6-7H2,1-5H3. The number of para-hydroxylation sites is 1. The van der Waals surface area contributed by atoms with Crippen molar-refractivity contribution in [2.45, 2.75) is 26.5 Å². The van der Waals surface area contributed by atoms with Gasteiger partial charge in [-0.15, -0.1) is 0 Å². The number of hydrogen-bond donors (Lipinski definition) is 0. The van der Waals surface area contributed by atoms with E-state index < -0.39 is 5.72 Å². The second kappa shape index (κ2) is 10.3. The molecule has 0 amide bonds. The number of nitrogens with zero attached hydrogens (tertiary/aromatic N) is 3. The summed E-state index contributed by atoms with van der Waals surface area (Å²) in [6, 6.07) is 32.8. The molecule has 194 valence electrons. The van der Waals surface area contributed by atoms with Gasteiger partial charge in [0, 0.05) is 61.1 Å². The Morgan fingerprint density at radius 2 is 1.26 bits per heavy atom. The topological polar surface area (TPSA) is 36.0 Å². The number of carbonyl (C=O) groups excluding carboxylic acids is 1. The van der Waals surface area contributed by atoms with Crippen LogP contribution in [0.5, 0.6) is 0 Å². The molecule has 0 saturated carbocycles. The molecule has 38 heavy (non-hydrogen) atoms. The maximum Gasteiger partial charge on any atom is 0.341 e. The zero-order valence-electron chi connectivity index (χ0n) is 22.8. The van der Waals surface area contributed by atoms with Crippen LogP contribution >= 0.6 is 0 Å². The van der Waals surface area contributed by atoms with Gasteiger partial charge in [-0.05, 0) is 80.9 Å². The molecule has 5 rings (SSSR count). The fourth-order valence-electron chi connectivity index (χ4n) is 5.49. The molecule has 0 aromatic heterocycles. The predicted octanol–water partition coefficient (Wildman–Crippen LogP) is 7.12. The summed E-state index contributed by atoms with van der Waals surface area (Å²) in [6.45, 7) is 8.28. The number of aryl methyl sites for hydroxylation is 1. The van der Waals surface area contributed by atoms with Crippen molar-refractivity contribution in [1.82, 2.24) is 0 Å². The summed E-state index contributed by atoms with van der Waals surface area (Å²) in [5.41, 5.74) is 6.36. The number of esters is 1. The molecule has 0 bridgehead atoms. The highest BCUT2D eigenvalue weighted by Gasteiger charge is 2.53. The van der Waals surface area contributed by atoms with Crippen LogP contribution in [0.4, 0.5) is 22.7 Å². The fraction of sp³-hybridized carbons (Fsp3) is 0.242. The molecule has 0 N–H and O–H groups in total. The van der Waals surface area contributed by atoms with Crippen molar-refractivity contribution >= 4 is 28.7 Å². The molecular weight excluding hydrogens is 470 g/mol. The van der Waals surface area contributed by atoms with Crippen LogP contribution in [0.2, 0.25) is 0 Å². The van der Waals surface area contributed by atoms with E-state index in [0.29, 0.717) is 5.56 Å². The van der Waals surface area contributed by atoms with E-state index in [1.54, 1.807) is 0 Å². The monoisotopic (exact) mass is 505 g/mol. The van der Waals surface area contributed by atoms with Crippen LogP contribution < -0.4 is 14.7 Å². The third kappa shape index (κ3) is 4.18. The minimum Gasteiger partial charge on any atom is -0.426 e. The number of hydrogen-bond acceptors (Lipinski definition) is 5. The maximum absolute atomic E-state index is 13.5. The van der Waals surface area contributed by atoms with Crippen LogP contribution in [0.1, 0.15) is 40.9 Å². The van der Waals surface area contributed by atoms with E-state index in [2.05, 4.69) is 90.1 Å². The molecule has 4 aromatic rings. The first kappa shape index (κ1) is 25.4. The first-order valence-corrected chi connectivity index (χ1v) is 13.2. The summed E-state index contributed by atoms with van der Waals surface area (Å²) in [6.07, 6.45) is 0. The number of ether oxygens (including phenoxy) is 1. The Labute approximate surface area is 225 Å². The SMILES string of the molecule is CCN(CC)c1ccc(C2(N(c3ccccc3)c3ccc(N(C)C)cc3)OC(=O)c3ccccc32)c(C)c1. The average molecular weight is 506 g/mol. The lowest BCUT2D eigenvalue weighted by atomic mass is 9.87. The minimum atomic E-state index is -1.18. The molecule has 1 heterocycles. The highest BCUT2D eigenvalue weighted by molar-refractivity contribution is 5.97. The zero-order valence-corrected chi connectivity index (χ0v) is 22.8. The van der Waals surface area contributed by atoms with Gasteiger partial charge in [0.25, 0.3) is 0 Å². The van der Waals surface area contributed by atoms with E-state index in [1.165, 1.54) is 0 Å². The molecule has 4 aromatic carbocycles. The van der Waals surface area contributed by atoms with Crippen LogP contribution in [-0.4, -0.2) is 33.2 Å². The molecule has 0 saturated heterocycles. The molecule has 1 atom stereocenters. The summed E-state index contributed by atoms with van der Waals surface area (Å²) in [4.78, 5) is 20.0. The van der Waals surface area contributed by atoms with E-state index in [0.717, 1.165) is 52.5 Å². The summed E-state index contributed by atoms with van der Waals surface area (Å²) < 4.78 is 6.55. The van der Waals surface area contributed by atoms with Crippen LogP contribution in [0.25, 0.3) is 0 Å². The molecule has 1 aliphatic rings. The van der Waals surface area contributed by atoms with E-state index in [9.17, 15) is 4.79 Å². The van der Waals surface area contributed by atoms with Crippen molar-refractivity contribution < 1.29 is 9.53 Å². The van der Waals surface area contributed by atoms with Gasteiger partial charge < -0.3 is 14.5 Å². The Hall–Kier alpha value is -4.25. The summed E-state index contributed by atoms with van der Waals surface area (Å²) in [7, 11) is 4.06. The average Bonchev–Trinajstić information content (AvgIpc) is 3.23. The van der Waals surface area contributed by atoms with Gasteiger partial charge in [0.1, 0.15) is 0 Å². The van der Waals surface area contributed by atoms with Crippen LogP contribution in [0.15, 0.2) is 97.1 Å². The highest BCUT2D eigenvalue weighted by atomic mass is 16.6. The minimum absolute atomic E-state index is 0.321. The molecule has 1 unspecified atom stereocenters. The van der Waals surface area contributed by atoms with Crippen molar-refractivity contribution in [3.05, 3.63) is 119 Å². The molecular formula is C33H35N3O2. The third-order valence-corrected chi connectivity index (χ3v) is 7.41. The summed E-state index contributed by atoms with van der Waals surface area (Å²) >= 11 is 0. The van der Waals surface area contributed by atoms with Gasteiger partial charge in [-0.1, -0.05) is 42.5 Å². The molecule has 5 heteroatoms.